The van der Waals surface area contributed by atoms with E-state index in [-0.39, 0.29) is 0 Å². The lowest BCUT2D eigenvalue weighted by Gasteiger charge is -2.02. The molecule has 2 heterocycles. The van der Waals surface area contributed by atoms with Crippen molar-refractivity contribution in [1.82, 2.24) is 25.3 Å². The summed E-state index contributed by atoms with van der Waals surface area (Å²) in [5.41, 5.74) is 7.37. The van der Waals surface area contributed by atoms with E-state index in [2.05, 4.69) is 26.0 Å². The largest absolute Gasteiger partial charge is 0.325 e. The first kappa shape index (κ1) is 12.2. The molecule has 0 aliphatic carbocycles. The van der Waals surface area contributed by atoms with Crippen LogP contribution in [0.1, 0.15) is 16.4 Å². The topological polar surface area (TPSA) is 81.7 Å². The van der Waals surface area contributed by atoms with Gasteiger partial charge in [0.15, 0.2) is 0 Å². The second-order valence-corrected chi connectivity index (χ2v) is 4.77. The fraction of sp³-hybridized carbons (Fsp3) is 0.500. The number of rotatable bonds is 6. The summed E-state index contributed by atoms with van der Waals surface area (Å²) in [6.45, 7) is 4.87. The highest BCUT2D eigenvalue weighted by molar-refractivity contribution is 7.09. The zero-order valence-electron chi connectivity index (χ0n) is 9.76. The van der Waals surface area contributed by atoms with Crippen LogP contribution in [0.25, 0.3) is 0 Å². The van der Waals surface area contributed by atoms with Crippen molar-refractivity contribution in [3.63, 3.8) is 0 Å². The molecule has 0 saturated carbocycles. The number of aromatic nitrogens is 4. The standard InChI is InChI=1S/C10H16N6S/c1-8-13-10(7-17-8)5-12-2-3-16-6-9(4-11)14-15-16/h6-7,12H,2-5,11H2,1H3. The van der Waals surface area contributed by atoms with Gasteiger partial charge in [-0.1, -0.05) is 5.21 Å². The highest BCUT2D eigenvalue weighted by atomic mass is 32.1. The minimum atomic E-state index is 0.436. The molecule has 17 heavy (non-hydrogen) atoms. The van der Waals surface area contributed by atoms with Gasteiger partial charge >= 0.3 is 0 Å². The van der Waals surface area contributed by atoms with Crippen LogP contribution >= 0.6 is 11.3 Å². The first-order valence-corrected chi connectivity index (χ1v) is 6.36. The second-order valence-electron chi connectivity index (χ2n) is 3.71. The van der Waals surface area contributed by atoms with Crippen LogP contribution in [0.5, 0.6) is 0 Å². The Morgan fingerprint density at radius 1 is 1.47 bits per heavy atom. The molecule has 6 nitrogen and oxygen atoms in total. The van der Waals surface area contributed by atoms with Crippen LogP contribution in [0.3, 0.4) is 0 Å². The summed E-state index contributed by atoms with van der Waals surface area (Å²) in [6, 6.07) is 0. The molecule has 7 heteroatoms. The Morgan fingerprint density at radius 2 is 2.35 bits per heavy atom. The van der Waals surface area contributed by atoms with E-state index in [1.807, 2.05) is 13.1 Å². The summed E-state index contributed by atoms with van der Waals surface area (Å²) < 4.78 is 1.79. The molecule has 0 fully saturated rings. The normalized spacial score (nSPS) is 10.9. The summed E-state index contributed by atoms with van der Waals surface area (Å²) in [6.07, 6.45) is 1.87. The van der Waals surface area contributed by atoms with Gasteiger partial charge < -0.3 is 11.1 Å². The molecule has 0 aliphatic rings. The number of nitrogens with zero attached hydrogens (tertiary/aromatic N) is 4. The zero-order chi connectivity index (χ0) is 12.1. The van der Waals surface area contributed by atoms with Gasteiger partial charge in [0, 0.05) is 31.2 Å². The number of aryl methyl sites for hydroxylation is 1. The fourth-order valence-electron chi connectivity index (χ4n) is 1.44. The van der Waals surface area contributed by atoms with Crippen molar-refractivity contribution in [2.45, 2.75) is 26.6 Å². The third-order valence-electron chi connectivity index (χ3n) is 2.29. The van der Waals surface area contributed by atoms with Gasteiger partial charge in [0.05, 0.1) is 22.9 Å². The van der Waals surface area contributed by atoms with Gasteiger partial charge in [-0.25, -0.2) is 4.98 Å². The summed E-state index contributed by atoms with van der Waals surface area (Å²) in [4.78, 5) is 4.38. The van der Waals surface area contributed by atoms with Crippen LogP contribution in [-0.4, -0.2) is 26.5 Å². The van der Waals surface area contributed by atoms with Crippen LogP contribution in [0.15, 0.2) is 11.6 Å². The molecule has 2 rings (SSSR count). The van der Waals surface area contributed by atoms with Crippen LogP contribution < -0.4 is 11.1 Å². The van der Waals surface area contributed by atoms with Crippen molar-refractivity contribution >= 4 is 11.3 Å². The Balaban J connectivity index is 1.69. The van der Waals surface area contributed by atoms with Gasteiger partial charge in [-0.05, 0) is 6.92 Å². The first-order valence-electron chi connectivity index (χ1n) is 5.48. The molecular weight excluding hydrogens is 236 g/mol. The number of thiazole rings is 1. The molecule has 0 atom stereocenters. The van der Waals surface area contributed by atoms with E-state index in [0.717, 1.165) is 36.0 Å². The summed E-state index contributed by atoms with van der Waals surface area (Å²) >= 11 is 1.67. The average Bonchev–Trinajstić information content (AvgIpc) is 2.93. The van der Waals surface area contributed by atoms with Crippen molar-refractivity contribution in [1.29, 1.82) is 0 Å². The van der Waals surface area contributed by atoms with Crippen LogP contribution in [0, 0.1) is 6.92 Å². The summed E-state index contributed by atoms with van der Waals surface area (Å²) in [5.74, 6) is 0. The highest BCUT2D eigenvalue weighted by Crippen LogP contribution is 2.06. The lowest BCUT2D eigenvalue weighted by atomic mass is 10.4. The van der Waals surface area contributed by atoms with Crippen molar-refractivity contribution in [2.24, 2.45) is 5.73 Å². The van der Waals surface area contributed by atoms with Gasteiger partial charge in [0.1, 0.15) is 0 Å². The lowest BCUT2D eigenvalue weighted by Crippen LogP contribution is -2.20. The summed E-state index contributed by atoms with van der Waals surface area (Å²) in [7, 11) is 0. The molecule has 0 saturated heterocycles. The maximum absolute atomic E-state index is 5.46. The van der Waals surface area contributed by atoms with E-state index in [9.17, 15) is 0 Å². The molecule has 0 aliphatic heterocycles. The van der Waals surface area contributed by atoms with Crippen LogP contribution in [0.4, 0.5) is 0 Å². The summed E-state index contributed by atoms with van der Waals surface area (Å²) in [5, 5.41) is 14.4. The van der Waals surface area contributed by atoms with Gasteiger partial charge in [0.25, 0.3) is 0 Å². The average molecular weight is 252 g/mol. The Kier molecular flexibility index (Phi) is 4.18. The number of nitrogens with one attached hydrogen (secondary N) is 1. The second kappa shape index (κ2) is 5.85. The minimum absolute atomic E-state index is 0.436. The monoisotopic (exact) mass is 252 g/mol. The highest BCUT2D eigenvalue weighted by Gasteiger charge is 1.99. The SMILES string of the molecule is Cc1nc(CNCCn2cc(CN)nn2)cs1. The number of hydrogen-bond donors (Lipinski definition) is 2. The molecule has 2 aromatic rings. The maximum atomic E-state index is 5.46. The third kappa shape index (κ3) is 3.58. The van der Waals surface area contributed by atoms with E-state index >= 15 is 0 Å². The van der Waals surface area contributed by atoms with Gasteiger partial charge in [-0.2, -0.15) is 0 Å². The third-order valence-corrected chi connectivity index (χ3v) is 3.11. The van der Waals surface area contributed by atoms with E-state index < -0.39 is 0 Å². The van der Waals surface area contributed by atoms with Crippen molar-refractivity contribution < 1.29 is 0 Å². The van der Waals surface area contributed by atoms with E-state index in [0.29, 0.717) is 6.54 Å². The number of hydrogen-bond acceptors (Lipinski definition) is 6. The Morgan fingerprint density at radius 3 is 3.00 bits per heavy atom. The zero-order valence-corrected chi connectivity index (χ0v) is 10.6. The van der Waals surface area contributed by atoms with Crippen molar-refractivity contribution in [3.05, 3.63) is 28.0 Å². The van der Waals surface area contributed by atoms with Crippen molar-refractivity contribution in [3.8, 4) is 0 Å². The van der Waals surface area contributed by atoms with Crippen LogP contribution in [-0.2, 0) is 19.6 Å². The number of nitrogens with two attached hydrogens (primary N) is 1. The van der Waals surface area contributed by atoms with E-state index in [4.69, 9.17) is 5.73 Å². The maximum Gasteiger partial charge on any atom is 0.0962 e. The van der Waals surface area contributed by atoms with Crippen molar-refractivity contribution in [2.75, 3.05) is 6.54 Å². The Labute approximate surface area is 104 Å². The van der Waals surface area contributed by atoms with Gasteiger partial charge in [0.2, 0.25) is 0 Å². The molecule has 2 aromatic heterocycles. The molecule has 3 N–H and O–H groups in total. The lowest BCUT2D eigenvalue weighted by molar-refractivity contribution is 0.538. The molecule has 0 radical (unpaired) electrons. The van der Waals surface area contributed by atoms with Gasteiger partial charge in [-0.3, -0.25) is 4.68 Å². The van der Waals surface area contributed by atoms with Gasteiger partial charge in [-0.15, -0.1) is 16.4 Å². The predicted molar refractivity (Wildman–Crippen MR) is 66.5 cm³/mol. The molecule has 0 unspecified atom stereocenters. The molecule has 0 spiro atoms. The molecule has 0 amide bonds. The first-order chi connectivity index (χ1) is 8.28. The minimum Gasteiger partial charge on any atom is -0.325 e. The smallest absolute Gasteiger partial charge is 0.0962 e. The van der Waals surface area contributed by atoms with E-state index in [1.54, 1.807) is 16.0 Å². The van der Waals surface area contributed by atoms with Crippen LogP contribution in [0.2, 0.25) is 0 Å². The fourth-order valence-corrected chi connectivity index (χ4v) is 2.05. The van der Waals surface area contributed by atoms with E-state index in [1.165, 1.54) is 0 Å². The predicted octanol–water partition coefficient (Wildman–Crippen LogP) is 0.292. The Hall–Kier alpha value is -1.31. The molecule has 92 valence electrons. The molecule has 0 aromatic carbocycles. The Bertz CT molecular complexity index is 463. The molecule has 0 bridgehead atoms. The quantitative estimate of drug-likeness (QED) is 0.722. The molecular formula is C10H16N6S.